The third-order valence-corrected chi connectivity index (χ3v) is 5.40. The maximum absolute atomic E-state index is 12.4. The van der Waals surface area contributed by atoms with E-state index in [0.717, 1.165) is 27.4 Å². The number of aromatic nitrogens is 1. The molecule has 0 unspecified atom stereocenters. The van der Waals surface area contributed by atoms with E-state index in [-0.39, 0.29) is 5.91 Å². The molecule has 3 aromatic rings. The molecule has 1 N–H and O–H groups in total. The first-order valence-corrected chi connectivity index (χ1v) is 9.99. The number of benzene rings is 2. The minimum atomic E-state index is -0.0927. The van der Waals surface area contributed by atoms with Crippen molar-refractivity contribution in [1.29, 1.82) is 0 Å². The van der Waals surface area contributed by atoms with Crippen LogP contribution in [0.1, 0.15) is 16.9 Å². The van der Waals surface area contributed by atoms with E-state index in [0.29, 0.717) is 29.5 Å². The summed E-state index contributed by atoms with van der Waals surface area (Å²) in [5, 5.41) is 3.50. The molecule has 3 rings (SSSR count). The molecule has 0 aliphatic rings. The van der Waals surface area contributed by atoms with E-state index in [4.69, 9.17) is 14.2 Å². The number of carbonyl (C=O) groups excluding carboxylic acids is 1. The summed E-state index contributed by atoms with van der Waals surface area (Å²) in [6.45, 7) is 1.99. The topological polar surface area (TPSA) is 69.7 Å². The van der Waals surface area contributed by atoms with Crippen LogP contribution in [0.25, 0.3) is 11.3 Å². The number of ether oxygens (including phenoxy) is 3. The fourth-order valence-electron chi connectivity index (χ4n) is 3.05. The fraction of sp³-hybridized carbons (Fsp3) is 0.273. The highest BCUT2D eigenvalue weighted by molar-refractivity contribution is 7.16. The summed E-state index contributed by atoms with van der Waals surface area (Å²) >= 11 is 1.46. The Morgan fingerprint density at radius 3 is 2.45 bits per heavy atom. The molecule has 1 amide bonds. The van der Waals surface area contributed by atoms with E-state index in [9.17, 15) is 4.79 Å². The first-order valence-electron chi connectivity index (χ1n) is 9.17. The second kappa shape index (κ2) is 9.43. The maximum Gasteiger partial charge on any atom is 0.226 e. The fourth-order valence-corrected chi connectivity index (χ4v) is 3.90. The van der Waals surface area contributed by atoms with Crippen molar-refractivity contribution in [3.63, 3.8) is 0 Å². The van der Waals surface area contributed by atoms with Gasteiger partial charge in [0.25, 0.3) is 0 Å². The number of hydrogen-bond acceptors (Lipinski definition) is 6. The minimum Gasteiger partial charge on any atom is -0.497 e. The second-order valence-electron chi connectivity index (χ2n) is 6.35. The molecule has 0 aliphatic carbocycles. The number of anilines is 1. The van der Waals surface area contributed by atoms with E-state index >= 15 is 0 Å². The summed E-state index contributed by atoms with van der Waals surface area (Å²) in [6, 6.07) is 13.4. The number of amides is 1. The molecular formula is C22H24N2O4S. The summed E-state index contributed by atoms with van der Waals surface area (Å²) in [6.07, 6.45) is 0.863. The zero-order valence-electron chi connectivity index (χ0n) is 16.9. The lowest BCUT2D eigenvalue weighted by molar-refractivity contribution is -0.116. The number of para-hydroxylation sites is 1. The zero-order valence-corrected chi connectivity index (χ0v) is 17.8. The van der Waals surface area contributed by atoms with E-state index in [1.165, 1.54) is 11.3 Å². The van der Waals surface area contributed by atoms with Crippen LogP contribution in [0.5, 0.6) is 17.2 Å². The number of carbonyl (C=O) groups is 1. The van der Waals surface area contributed by atoms with Gasteiger partial charge in [-0.05, 0) is 49.2 Å². The molecule has 0 radical (unpaired) electrons. The van der Waals surface area contributed by atoms with Crippen LogP contribution in [0, 0.1) is 6.92 Å². The zero-order chi connectivity index (χ0) is 20.8. The van der Waals surface area contributed by atoms with Gasteiger partial charge in [-0.2, -0.15) is 0 Å². The van der Waals surface area contributed by atoms with Gasteiger partial charge in [0.05, 0.1) is 27.0 Å². The molecule has 7 heteroatoms. The number of rotatable bonds is 8. The number of thiazole rings is 1. The minimum absolute atomic E-state index is 0.0927. The summed E-state index contributed by atoms with van der Waals surface area (Å²) in [7, 11) is 4.83. The van der Waals surface area contributed by atoms with Crippen molar-refractivity contribution in [2.45, 2.75) is 19.8 Å². The predicted molar refractivity (Wildman–Crippen MR) is 115 cm³/mol. The van der Waals surface area contributed by atoms with Crippen molar-refractivity contribution in [1.82, 2.24) is 4.98 Å². The third kappa shape index (κ3) is 4.86. The van der Waals surface area contributed by atoms with Gasteiger partial charge in [0.15, 0.2) is 16.6 Å². The van der Waals surface area contributed by atoms with Crippen molar-refractivity contribution in [2.75, 3.05) is 26.6 Å². The first-order chi connectivity index (χ1) is 14.0. The monoisotopic (exact) mass is 412 g/mol. The van der Waals surface area contributed by atoms with Crippen LogP contribution in [-0.4, -0.2) is 32.2 Å². The Morgan fingerprint density at radius 2 is 1.79 bits per heavy atom. The largest absolute Gasteiger partial charge is 0.497 e. The molecule has 0 fully saturated rings. The van der Waals surface area contributed by atoms with Crippen LogP contribution < -0.4 is 19.5 Å². The Morgan fingerprint density at radius 1 is 1.03 bits per heavy atom. The van der Waals surface area contributed by atoms with Crippen molar-refractivity contribution in [3.05, 3.63) is 52.9 Å². The number of hydrogen-bond donors (Lipinski definition) is 1. The lowest BCUT2D eigenvalue weighted by atomic mass is 10.1. The van der Waals surface area contributed by atoms with Crippen LogP contribution in [-0.2, 0) is 11.2 Å². The van der Waals surface area contributed by atoms with Gasteiger partial charge in [-0.15, -0.1) is 11.3 Å². The molecule has 2 aromatic carbocycles. The number of nitrogens with one attached hydrogen (secondary N) is 1. The van der Waals surface area contributed by atoms with E-state index in [1.807, 2.05) is 49.4 Å². The van der Waals surface area contributed by atoms with Gasteiger partial charge in [0.1, 0.15) is 5.75 Å². The highest BCUT2D eigenvalue weighted by atomic mass is 32.1. The number of aryl methyl sites for hydroxylation is 2. The molecule has 6 nitrogen and oxygen atoms in total. The van der Waals surface area contributed by atoms with Gasteiger partial charge in [-0.1, -0.05) is 12.1 Å². The van der Waals surface area contributed by atoms with Gasteiger partial charge in [-0.3, -0.25) is 4.79 Å². The van der Waals surface area contributed by atoms with Crippen LogP contribution >= 0.6 is 11.3 Å². The van der Waals surface area contributed by atoms with Crippen LogP contribution in [0.4, 0.5) is 5.13 Å². The first kappa shape index (κ1) is 20.7. The predicted octanol–water partition coefficient (Wildman–Crippen LogP) is 4.72. The molecule has 29 heavy (non-hydrogen) atoms. The Kier molecular flexibility index (Phi) is 6.72. The number of methoxy groups -OCH3 is 3. The van der Waals surface area contributed by atoms with Crippen LogP contribution in [0.2, 0.25) is 0 Å². The molecule has 0 bridgehead atoms. The van der Waals surface area contributed by atoms with Crippen molar-refractivity contribution < 1.29 is 19.0 Å². The highest BCUT2D eigenvalue weighted by Gasteiger charge is 2.14. The summed E-state index contributed by atoms with van der Waals surface area (Å²) in [4.78, 5) is 18.1. The summed E-state index contributed by atoms with van der Waals surface area (Å²) < 4.78 is 15.9. The average Bonchev–Trinajstić information content (AvgIpc) is 3.11. The highest BCUT2D eigenvalue weighted by Crippen LogP contribution is 2.33. The Hall–Kier alpha value is -3.06. The van der Waals surface area contributed by atoms with E-state index in [2.05, 4.69) is 10.3 Å². The third-order valence-electron chi connectivity index (χ3n) is 4.51. The molecule has 1 aromatic heterocycles. The SMILES string of the molecule is COc1ccc(-c2nc(NC(=O)CCc3cccc(OC)c3OC)sc2C)cc1. The van der Waals surface area contributed by atoms with Gasteiger partial charge >= 0.3 is 0 Å². The Balaban J connectivity index is 1.66. The van der Waals surface area contributed by atoms with Crippen molar-refractivity contribution >= 4 is 22.4 Å². The second-order valence-corrected chi connectivity index (χ2v) is 7.56. The summed E-state index contributed by atoms with van der Waals surface area (Å²) in [5.41, 5.74) is 2.78. The number of nitrogens with zero attached hydrogens (tertiary/aromatic N) is 1. The van der Waals surface area contributed by atoms with E-state index in [1.54, 1.807) is 21.3 Å². The quantitative estimate of drug-likeness (QED) is 0.580. The van der Waals surface area contributed by atoms with Gasteiger partial charge in [-0.25, -0.2) is 4.98 Å². The summed E-state index contributed by atoms with van der Waals surface area (Å²) in [5.74, 6) is 2.02. The molecule has 0 saturated carbocycles. The average molecular weight is 413 g/mol. The smallest absolute Gasteiger partial charge is 0.226 e. The maximum atomic E-state index is 12.4. The van der Waals surface area contributed by atoms with Gasteiger partial charge in [0, 0.05) is 16.9 Å². The molecule has 152 valence electrons. The lowest BCUT2D eigenvalue weighted by Gasteiger charge is -2.12. The molecule has 0 atom stereocenters. The van der Waals surface area contributed by atoms with E-state index < -0.39 is 0 Å². The molecule has 0 saturated heterocycles. The van der Waals surface area contributed by atoms with Crippen LogP contribution in [0.15, 0.2) is 42.5 Å². The normalized spacial score (nSPS) is 10.5. The van der Waals surface area contributed by atoms with Crippen LogP contribution in [0.3, 0.4) is 0 Å². The molecular weight excluding hydrogens is 388 g/mol. The standard InChI is InChI=1S/C22H24N2O4S/c1-14-20(15-8-11-17(26-2)12-9-15)24-22(29-14)23-19(25)13-10-16-6-5-7-18(27-3)21(16)28-4/h5-9,11-12H,10,13H2,1-4H3,(H,23,24,25). The molecule has 0 aliphatic heterocycles. The van der Waals surface area contributed by atoms with Gasteiger partial charge < -0.3 is 19.5 Å². The lowest BCUT2D eigenvalue weighted by Crippen LogP contribution is -2.12. The Labute approximate surface area is 174 Å². The van der Waals surface area contributed by atoms with Crippen molar-refractivity contribution in [2.24, 2.45) is 0 Å². The van der Waals surface area contributed by atoms with Gasteiger partial charge in [0.2, 0.25) is 5.91 Å². The Bertz CT molecular complexity index is 983. The molecule has 1 heterocycles. The van der Waals surface area contributed by atoms with Crippen molar-refractivity contribution in [3.8, 4) is 28.5 Å². The molecule has 0 spiro atoms.